The minimum absolute atomic E-state index is 0.179. The second-order valence-electron chi connectivity index (χ2n) is 8.63. The molecule has 0 fully saturated rings. The summed E-state index contributed by atoms with van der Waals surface area (Å²) in [5.74, 6) is -1.68. The van der Waals surface area contributed by atoms with E-state index in [2.05, 4.69) is 10.6 Å². The summed E-state index contributed by atoms with van der Waals surface area (Å²) in [5.41, 5.74) is 4.66. The summed E-state index contributed by atoms with van der Waals surface area (Å²) < 4.78 is 0. The lowest BCUT2D eigenvalue weighted by Gasteiger charge is -2.38. The number of carbonyl (C=O) groups excluding carboxylic acids is 2. The largest absolute Gasteiger partial charge is 0.508 e. The number of aryl methyl sites for hydroxylation is 2. The molecule has 0 radical (unpaired) electrons. The van der Waals surface area contributed by atoms with Crippen molar-refractivity contribution in [1.82, 2.24) is 15.5 Å². The Morgan fingerprint density at radius 2 is 1.73 bits per heavy atom. The lowest BCUT2D eigenvalue weighted by atomic mass is 9.91. The number of hydrogen-bond donors (Lipinski definition) is 4. The second-order valence-corrected chi connectivity index (χ2v) is 8.63. The first-order chi connectivity index (χ1) is 15.6. The van der Waals surface area contributed by atoms with Crippen LogP contribution < -0.4 is 10.6 Å². The highest BCUT2D eigenvalue weighted by atomic mass is 16.4. The minimum atomic E-state index is -1.14. The highest BCUT2D eigenvalue weighted by Gasteiger charge is 2.38. The van der Waals surface area contributed by atoms with E-state index in [-0.39, 0.29) is 18.2 Å². The highest BCUT2D eigenvalue weighted by molar-refractivity contribution is 5.92. The summed E-state index contributed by atoms with van der Waals surface area (Å²) in [6, 6.07) is 8.51. The van der Waals surface area contributed by atoms with Crippen molar-refractivity contribution < 1.29 is 24.6 Å². The Morgan fingerprint density at radius 1 is 1.12 bits per heavy atom. The Labute approximate surface area is 193 Å². The predicted molar refractivity (Wildman–Crippen MR) is 124 cm³/mol. The molecule has 4 N–H and O–H groups in total. The van der Waals surface area contributed by atoms with Gasteiger partial charge in [-0.3, -0.25) is 14.4 Å². The SMILES string of the molecule is CN[C@H](Cc1c(C)cc(O)cc1C)C(=O)N1Cc2ccccc2C[C@H]1C(=O)N[C@@H](C)C(=O)O. The summed E-state index contributed by atoms with van der Waals surface area (Å²) in [7, 11) is 1.70. The smallest absolute Gasteiger partial charge is 0.325 e. The maximum Gasteiger partial charge on any atom is 0.325 e. The Hall–Kier alpha value is -3.39. The third kappa shape index (κ3) is 5.34. The van der Waals surface area contributed by atoms with Crippen LogP contribution in [0.3, 0.4) is 0 Å². The number of carboxylic acids is 1. The summed E-state index contributed by atoms with van der Waals surface area (Å²) in [6.07, 6.45) is 0.707. The Morgan fingerprint density at radius 3 is 2.30 bits per heavy atom. The monoisotopic (exact) mass is 453 g/mol. The molecule has 1 heterocycles. The number of phenols is 1. The molecule has 0 unspecified atom stereocenters. The molecule has 0 aromatic heterocycles. The first-order valence-corrected chi connectivity index (χ1v) is 11.0. The number of phenolic OH excluding ortho intramolecular Hbond substituents is 1. The normalized spacial score (nSPS) is 17.1. The van der Waals surface area contributed by atoms with Gasteiger partial charge >= 0.3 is 5.97 Å². The van der Waals surface area contributed by atoms with Crippen LogP contribution in [-0.4, -0.2) is 58.1 Å². The molecule has 2 aromatic rings. The fourth-order valence-corrected chi connectivity index (χ4v) is 4.37. The average Bonchev–Trinajstić information content (AvgIpc) is 2.77. The quantitative estimate of drug-likeness (QED) is 0.507. The van der Waals surface area contributed by atoms with Gasteiger partial charge in [-0.2, -0.15) is 0 Å². The van der Waals surface area contributed by atoms with Crippen LogP contribution >= 0.6 is 0 Å². The first-order valence-electron chi connectivity index (χ1n) is 11.0. The van der Waals surface area contributed by atoms with E-state index in [1.807, 2.05) is 38.1 Å². The second kappa shape index (κ2) is 10.0. The van der Waals surface area contributed by atoms with Gasteiger partial charge in [0.1, 0.15) is 17.8 Å². The van der Waals surface area contributed by atoms with Gasteiger partial charge in [0.25, 0.3) is 0 Å². The van der Waals surface area contributed by atoms with Crippen molar-refractivity contribution in [3.8, 4) is 5.75 Å². The van der Waals surface area contributed by atoms with Gasteiger partial charge in [-0.25, -0.2) is 0 Å². The zero-order valence-corrected chi connectivity index (χ0v) is 19.4. The van der Waals surface area contributed by atoms with E-state index < -0.39 is 30.0 Å². The van der Waals surface area contributed by atoms with Gasteiger partial charge in [0.15, 0.2) is 0 Å². The molecule has 0 spiro atoms. The van der Waals surface area contributed by atoms with Crippen molar-refractivity contribution in [2.45, 2.75) is 58.3 Å². The fourth-order valence-electron chi connectivity index (χ4n) is 4.37. The van der Waals surface area contributed by atoms with E-state index in [0.717, 1.165) is 27.8 Å². The molecule has 0 bridgehead atoms. The molecule has 2 aromatic carbocycles. The molecule has 3 rings (SSSR count). The molecule has 2 amide bonds. The number of carbonyl (C=O) groups is 3. The molecule has 8 nitrogen and oxygen atoms in total. The summed E-state index contributed by atoms with van der Waals surface area (Å²) in [4.78, 5) is 39.5. The maximum atomic E-state index is 13.7. The Bertz CT molecular complexity index is 1040. The van der Waals surface area contributed by atoms with E-state index >= 15 is 0 Å². The van der Waals surface area contributed by atoms with Crippen molar-refractivity contribution in [2.75, 3.05) is 7.05 Å². The third-order valence-electron chi connectivity index (χ3n) is 6.30. The number of carboxylic acid groups (broad SMARTS) is 1. The molecular weight excluding hydrogens is 422 g/mol. The summed E-state index contributed by atoms with van der Waals surface area (Å²) >= 11 is 0. The van der Waals surface area contributed by atoms with Crippen LogP contribution in [0.5, 0.6) is 5.75 Å². The predicted octanol–water partition coefficient (Wildman–Crippen LogP) is 1.68. The van der Waals surface area contributed by atoms with Crippen LogP contribution in [0, 0.1) is 13.8 Å². The summed E-state index contributed by atoms with van der Waals surface area (Å²) in [5, 5.41) is 24.6. The van der Waals surface area contributed by atoms with Crippen LogP contribution in [0.2, 0.25) is 0 Å². The minimum Gasteiger partial charge on any atom is -0.508 e. The zero-order chi connectivity index (χ0) is 24.3. The van der Waals surface area contributed by atoms with Crippen molar-refractivity contribution in [3.05, 3.63) is 64.2 Å². The van der Waals surface area contributed by atoms with Gasteiger partial charge in [-0.1, -0.05) is 24.3 Å². The topological polar surface area (TPSA) is 119 Å². The number of hydrogen-bond acceptors (Lipinski definition) is 5. The molecule has 0 saturated carbocycles. The number of amides is 2. The lowest BCUT2D eigenvalue weighted by molar-refractivity contribution is -0.146. The molecule has 176 valence electrons. The third-order valence-corrected chi connectivity index (χ3v) is 6.30. The van der Waals surface area contributed by atoms with Gasteiger partial charge in [-0.05, 0) is 74.2 Å². The van der Waals surface area contributed by atoms with E-state index in [4.69, 9.17) is 0 Å². The highest BCUT2D eigenvalue weighted by Crippen LogP contribution is 2.26. The van der Waals surface area contributed by atoms with Crippen molar-refractivity contribution >= 4 is 17.8 Å². The fraction of sp³-hybridized carbons (Fsp3) is 0.400. The first kappa shape index (κ1) is 24.3. The average molecular weight is 454 g/mol. The van der Waals surface area contributed by atoms with Crippen molar-refractivity contribution in [2.24, 2.45) is 0 Å². The Balaban J connectivity index is 1.91. The number of rotatable bonds is 7. The van der Waals surface area contributed by atoms with Crippen LogP contribution in [0.15, 0.2) is 36.4 Å². The number of likely N-dealkylation sites (N-methyl/N-ethyl adjacent to an activating group) is 1. The van der Waals surface area contributed by atoms with Gasteiger partial charge in [-0.15, -0.1) is 0 Å². The maximum absolute atomic E-state index is 13.7. The number of nitrogens with zero attached hydrogens (tertiary/aromatic N) is 1. The van der Waals surface area contributed by atoms with E-state index in [1.54, 1.807) is 24.1 Å². The van der Waals surface area contributed by atoms with Gasteiger partial charge in [0.2, 0.25) is 11.8 Å². The standard InChI is InChI=1S/C25H31N3O5/c1-14-9-19(29)10-15(2)20(14)12-21(26-4)24(31)28-13-18-8-6-5-7-17(18)11-22(28)23(30)27-16(3)25(32)33/h5-10,16,21-22,26,29H,11-13H2,1-4H3,(H,27,30)(H,32,33)/t16-,21+,22-/m0/s1. The van der Waals surface area contributed by atoms with Crippen LogP contribution in [-0.2, 0) is 33.8 Å². The van der Waals surface area contributed by atoms with Crippen LogP contribution in [0.1, 0.15) is 34.7 Å². The zero-order valence-electron chi connectivity index (χ0n) is 19.4. The number of aromatic hydroxyl groups is 1. The number of fused-ring (bicyclic) bond motifs is 1. The number of benzene rings is 2. The molecule has 8 heteroatoms. The summed E-state index contributed by atoms with van der Waals surface area (Å²) in [6.45, 7) is 5.44. The molecular formula is C25H31N3O5. The van der Waals surface area contributed by atoms with Gasteiger partial charge < -0.3 is 25.7 Å². The number of nitrogens with one attached hydrogen (secondary N) is 2. The van der Waals surface area contributed by atoms with Crippen molar-refractivity contribution in [1.29, 1.82) is 0 Å². The van der Waals surface area contributed by atoms with Crippen molar-refractivity contribution in [3.63, 3.8) is 0 Å². The Kier molecular flexibility index (Phi) is 7.38. The van der Waals surface area contributed by atoms with Crippen LogP contribution in [0.25, 0.3) is 0 Å². The molecule has 1 aliphatic rings. The molecule has 0 aliphatic carbocycles. The molecule has 1 aliphatic heterocycles. The van der Waals surface area contributed by atoms with E-state index in [1.165, 1.54) is 6.92 Å². The molecule has 3 atom stereocenters. The number of aliphatic carboxylic acids is 1. The van der Waals surface area contributed by atoms with Gasteiger partial charge in [0, 0.05) is 13.0 Å². The lowest BCUT2D eigenvalue weighted by Crippen LogP contribution is -2.58. The van der Waals surface area contributed by atoms with E-state index in [9.17, 15) is 24.6 Å². The molecule has 33 heavy (non-hydrogen) atoms. The molecule has 0 saturated heterocycles. The van der Waals surface area contributed by atoms with Gasteiger partial charge in [0.05, 0.1) is 6.04 Å². The van der Waals surface area contributed by atoms with Crippen LogP contribution in [0.4, 0.5) is 0 Å². The van der Waals surface area contributed by atoms with E-state index in [0.29, 0.717) is 12.8 Å².